The second kappa shape index (κ2) is 3.56. The number of nitrogens with one attached hydrogen (secondary N) is 2. The first-order chi connectivity index (χ1) is 8.60. The number of aryl methyl sites for hydroxylation is 3. The molecule has 6 heteroatoms. The van der Waals surface area contributed by atoms with Gasteiger partial charge < -0.3 is 9.97 Å². The number of aromatic nitrogens is 5. The van der Waals surface area contributed by atoms with Gasteiger partial charge in [0.15, 0.2) is 12.1 Å². The van der Waals surface area contributed by atoms with Crippen molar-refractivity contribution in [2.45, 2.75) is 20.8 Å². The Labute approximate surface area is 103 Å². The highest BCUT2D eigenvalue weighted by Crippen LogP contribution is 2.22. The summed E-state index contributed by atoms with van der Waals surface area (Å²) in [6.07, 6.45) is 2.73. The molecule has 0 aliphatic rings. The van der Waals surface area contributed by atoms with E-state index in [0.717, 1.165) is 34.8 Å². The van der Waals surface area contributed by atoms with Crippen molar-refractivity contribution >= 4 is 12.1 Å². The van der Waals surface area contributed by atoms with Gasteiger partial charge >= 0.3 is 0 Å². The average Bonchev–Trinajstić information content (AvgIpc) is 2.95. The van der Waals surface area contributed by atoms with E-state index in [9.17, 15) is 4.79 Å². The average molecular weight is 243 g/mol. The molecule has 18 heavy (non-hydrogen) atoms. The SMILES string of the molecule is Cc1cn2c(C)c(-c3nc(C=O)c(C)[nH]3)nc2[nH]1. The standard InChI is InChI=1S/C12H13N5O/c1-6-4-17-8(3)10(16-12(17)13-6)11-14-7(2)9(5-18)15-11/h4-5H,1-3H3,(H,13,16)(H,14,15). The third-order valence-corrected chi connectivity index (χ3v) is 3.04. The van der Waals surface area contributed by atoms with Gasteiger partial charge in [0.05, 0.1) is 5.69 Å². The van der Waals surface area contributed by atoms with Crippen LogP contribution in [0.1, 0.15) is 27.6 Å². The van der Waals surface area contributed by atoms with Gasteiger partial charge in [-0.1, -0.05) is 0 Å². The molecule has 6 nitrogen and oxygen atoms in total. The molecule has 0 saturated heterocycles. The van der Waals surface area contributed by atoms with Crippen LogP contribution in [0.3, 0.4) is 0 Å². The Morgan fingerprint density at radius 2 is 2.00 bits per heavy atom. The third kappa shape index (κ3) is 1.38. The topological polar surface area (TPSA) is 78.8 Å². The Bertz CT molecular complexity index is 746. The van der Waals surface area contributed by atoms with E-state index < -0.39 is 0 Å². The molecule has 0 aromatic carbocycles. The number of hydrogen-bond acceptors (Lipinski definition) is 3. The summed E-state index contributed by atoms with van der Waals surface area (Å²) < 4.78 is 1.98. The number of H-pyrrole nitrogens is 2. The lowest BCUT2D eigenvalue weighted by Crippen LogP contribution is -1.87. The molecule has 0 fully saturated rings. The molecule has 3 rings (SSSR count). The number of rotatable bonds is 2. The molecule has 0 atom stereocenters. The van der Waals surface area contributed by atoms with Crippen molar-refractivity contribution in [1.29, 1.82) is 0 Å². The van der Waals surface area contributed by atoms with Crippen LogP contribution in [0, 0.1) is 20.8 Å². The minimum Gasteiger partial charge on any atom is -0.340 e. The van der Waals surface area contributed by atoms with Gasteiger partial charge in [-0.25, -0.2) is 9.97 Å². The van der Waals surface area contributed by atoms with Crippen LogP contribution in [-0.2, 0) is 0 Å². The van der Waals surface area contributed by atoms with Gasteiger partial charge in [0, 0.05) is 17.6 Å². The molecule has 2 N–H and O–H groups in total. The Kier molecular flexibility index (Phi) is 2.13. The molecule has 0 unspecified atom stereocenters. The summed E-state index contributed by atoms with van der Waals surface area (Å²) in [4.78, 5) is 25.8. The van der Waals surface area contributed by atoms with E-state index in [-0.39, 0.29) is 0 Å². The molecule has 3 aromatic heterocycles. The van der Waals surface area contributed by atoms with E-state index in [4.69, 9.17) is 0 Å². The minimum absolute atomic E-state index is 0.428. The van der Waals surface area contributed by atoms with E-state index in [0.29, 0.717) is 11.5 Å². The van der Waals surface area contributed by atoms with E-state index in [1.807, 2.05) is 31.4 Å². The molecule has 0 bridgehead atoms. The first kappa shape index (κ1) is 10.8. The number of carbonyl (C=O) groups excluding carboxylic acids is 1. The molecule has 0 spiro atoms. The summed E-state index contributed by atoms with van der Waals surface area (Å²) in [7, 11) is 0. The highest BCUT2D eigenvalue weighted by atomic mass is 16.1. The Morgan fingerprint density at radius 3 is 2.61 bits per heavy atom. The maximum Gasteiger partial charge on any atom is 0.212 e. The molecule has 0 saturated carbocycles. The van der Waals surface area contributed by atoms with Crippen molar-refractivity contribution in [2.75, 3.05) is 0 Å². The van der Waals surface area contributed by atoms with Gasteiger partial charge in [-0.3, -0.25) is 9.20 Å². The molecular weight excluding hydrogens is 230 g/mol. The van der Waals surface area contributed by atoms with Crippen LogP contribution in [0.15, 0.2) is 6.20 Å². The zero-order valence-corrected chi connectivity index (χ0v) is 10.4. The van der Waals surface area contributed by atoms with Gasteiger partial charge in [-0.2, -0.15) is 0 Å². The predicted octanol–water partition coefficient (Wildman–Crippen LogP) is 1.79. The highest BCUT2D eigenvalue weighted by molar-refractivity contribution is 5.75. The normalized spacial score (nSPS) is 11.3. The van der Waals surface area contributed by atoms with Gasteiger partial charge in [0.1, 0.15) is 11.4 Å². The van der Waals surface area contributed by atoms with Crippen molar-refractivity contribution in [1.82, 2.24) is 24.3 Å². The second-order valence-corrected chi connectivity index (χ2v) is 4.39. The van der Waals surface area contributed by atoms with E-state index in [1.165, 1.54) is 0 Å². The third-order valence-electron chi connectivity index (χ3n) is 3.04. The van der Waals surface area contributed by atoms with Crippen LogP contribution in [0.25, 0.3) is 17.3 Å². The molecule has 0 amide bonds. The summed E-state index contributed by atoms with van der Waals surface area (Å²) in [6, 6.07) is 0. The Balaban J connectivity index is 2.21. The lowest BCUT2D eigenvalue weighted by molar-refractivity contribution is 0.111. The maximum absolute atomic E-state index is 10.8. The van der Waals surface area contributed by atoms with E-state index in [2.05, 4.69) is 19.9 Å². The number of fused-ring (bicyclic) bond motifs is 1. The monoisotopic (exact) mass is 243 g/mol. The number of imidazole rings is 3. The van der Waals surface area contributed by atoms with Crippen molar-refractivity contribution in [2.24, 2.45) is 0 Å². The molecule has 0 radical (unpaired) electrons. The smallest absolute Gasteiger partial charge is 0.212 e. The molecule has 3 aromatic rings. The fourth-order valence-electron chi connectivity index (χ4n) is 2.09. The van der Waals surface area contributed by atoms with E-state index >= 15 is 0 Å². The number of carbonyl (C=O) groups is 1. The first-order valence-electron chi connectivity index (χ1n) is 5.66. The second-order valence-electron chi connectivity index (χ2n) is 4.39. The summed E-state index contributed by atoms with van der Waals surface area (Å²) in [5.41, 5.74) is 3.99. The highest BCUT2D eigenvalue weighted by Gasteiger charge is 2.16. The summed E-state index contributed by atoms with van der Waals surface area (Å²) in [5, 5.41) is 0. The maximum atomic E-state index is 10.8. The van der Waals surface area contributed by atoms with Crippen molar-refractivity contribution < 1.29 is 4.79 Å². The fraction of sp³-hybridized carbons (Fsp3) is 0.250. The van der Waals surface area contributed by atoms with Crippen LogP contribution in [0.5, 0.6) is 0 Å². The van der Waals surface area contributed by atoms with Crippen molar-refractivity contribution in [3.63, 3.8) is 0 Å². The molecule has 92 valence electrons. The van der Waals surface area contributed by atoms with Gasteiger partial charge in [0.25, 0.3) is 0 Å². The van der Waals surface area contributed by atoms with Gasteiger partial charge in [0.2, 0.25) is 5.78 Å². The van der Waals surface area contributed by atoms with Crippen molar-refractivity contribution in [3.05, 3.63) is 29.0 Å². The first-order valence-corrected chi connectivity index (χ1v) is 5.66. The number of aldehydes is 1. The molecule has 0 aliphatic carbocycles. The zero-order chi connectivity index (χ0) is 12.9. The zero-order valence-electron chi connectivity index (χ0n) is 10.4. The number of hydrogen-bond donors (Lipinski definition) is 2. The number of nitrogens with zero attached hydrogens (tertiary/aromatic N) is 3. The van der Waals surface area contributed by atoms with Crippen LogP contribution >= 0.6 is 0 Å². The van der Waals surface area contributed by atoms with Gasteiger partial charge in [-0.05, 0) is 20.8 Å². The summed E-state index contributed by atoms with van der Waals surface area (Å²) >= 11 is 0. The number of aromatic amines is 2. The largest absolute Gasteiger partial charge is 0.340 e. The van der Waals surface area contributed by atoms with Crippen LogP contribution < -0.4 is 0 Å². The molecule has 3 heterocycles. The predicted molar refractivity (Wildman–Crippen MR) is 66.7 cm³/mol. The summed E-state index contributed by atoms with van der Waals surface area (Å²) in [6.45, 7) is 5.78. The quantitative estimate of drug-likeness (QED) is 0.673. The lowest BCUT2D eigenvalue weighted by Gasteiger charge is -1.93. The van der Waals surface area contributed by atoms with Gasteiger partial charge in [-0.15, -0.1) is 0 Å². The lowest BCUT2D eigenvalue weighted by atomic mass is 10.3. The Hall–Kier alpha value is -2.37. The Morgan fingerprint density at radius 1 is 1.22 bits per heavy atom. The molecule has 0 aliphatic heterocycles. The van der Waals surface area contributed by atoms with Crippen molar-refractivity contribution in [3.8, 4) is 11.5 Å². The van der Waals surface area contributed by atoms with Crippen LogP contribution in [0.2, 0.25) is 0 Å². The summed E-state index contributed by atoms with van der Waals surface area (Å²) in [5.74, 6) is 1.41. The fourth-order valence-corrected chi connectivity index (χ4v) is 2.09. The molecular formula is C12H13N5O. The van der Waals surface area contributed by atoms with Crippen LogP contribution in [-0.4, -0.2) is 30.6 Å². The van der Waals surface area contributed by atoms with Crippen LogP contribution in [0.4, 0.5) is 0 Å². The minimum atomic E-state index is 0.428. The van der Waals surface area contributed by atoms with E-state index in [1.54, 1.807) is 0 Å².